The summed E-state index contributed by atoms with van der Waals surface area (Å²) in [4.78, 5) is 25.8. The molecule has 0 aromatic carbocycles. The molecule has 0 bridgehead atoms. The second-order valence-electron chi connectivity index (χ2n) is 5.50. The molecule has 0 aliphatic rings. The number of carbonyl (C=O) groups excluding carboxylic acids is 1. The average Bonchev–Trinajstić information content (AvgIpc) is 3.23. The van der Waals surface area contributed by atoms with Crippen molar-refractivity contribution in [1.82, 2.24) is 20.3 Å². The molecule has 0 aliphatic carbocycles. The molecule has 7 heteroatoms. The zero-order valence-electron chi connectivity index (χ0n) is 13.5. The lowest BCUT2D eigenvalue weighted by atomic mass is 10.1. The number of amides is 1. The Morgan fingerprint density at radius 3 is 2.83 bits per heavy atom. The van der Waals surface area contributed by atoms with Gasteiger partial charge in [-0.2, -0.15) is 0 Å². The monoisotopic (exact) mass is 342 g/mol. The summed E-state index contributed by atoms with van der Waals surface area (Å²) in [7, 11) is 0. The van der Waals surface area contributed by atoms with Crippen LogP contribution in [-0.4, -0.2) is 26.9 Å². The molecule has 0 fully saturated rings. The largest absolute Gasteiger partial charge is 0.469 e. The SMILES string of the molecule is Cc1nc(-c2ncccn2)sc1C(=O)N[C@H](C)CCc1ccco1. The van der Waals surface area contributed by atoms with Gasteiger partial charge < -0.3 is 9.73 Å². The lowest BCUT2D eigenvalue weighted by Crippen LogP contribution is -2.32. The summed E-state index contributed by atoms with van der Waals surface area (Å²) in [5, 5.41) is 3.67. The molecule has 0 unspecified atom stereocenters. The molecule has 0 aliphatic heterocycles. The molecule has 0 spiro atoms. The third kappa shape index (κ3) is 3.86. The summed E-state index contributed by atoms with van der Waals surface area (Å²) in [6.07, 6.45) is 6.59. The van der Waals surface area contributed by atoms with Gasteiger partial charge in [0, 0.05) is 24.9 Å². The minimum absolute atomic E-state index is 0.0422. The molecule has 1 N–H and O–H groups in total. The van der Waals surface area contributed by atoms with Gasteiger partial charge in [0.1, 0.15) is 10.6 Å². The molecular formula is C17H18N4O2S. The standard InChI is InChI=1S/C17H18N4O2S/c1-11(6-7-13-5-3-10-23-13)20-16(22)14-12(2)21-17(24-14)15-18-8-4-9-19-15/h3-5,8-11H,6-7H2,1-2H3,(H,20,22)/t11-/m1/s1. The first kappa shape index (κ1) is 16.3. The van der Waals surface area contributed by atoms with Crippen molar-refractivity contribution < 1.29 is 9.21 Å². The average molecular weight is 342 g/mol. The van der Waals surface area contributed by atoms with Crippen LogP contribution in [0.25, 0.3) is 10.8 Å². The fraction of sp³-hybridized carbons (Fsp3) is 0.294. The van der Waals surface area contributed by atoms with Crippen molar-refractivity contribution in [2.24, 2.45) is 0 Å². The smallest absolute Gasteiger partial charge is 0.263 e. The van der Waals surface area contributed by atoms with Crippen molar-refractivity contribution in [3.05, 3.63) is 53.2 Å². The second kappa shape index (κ2) is 7.35. The summed E-state index contributed by atoms with van der Waals surface area (Å²) in [6, 6.07) is 5.60. The normalized spacial score (nSPS) is 12.1. The molecule has 1 atom stereocenters. The first-order valence-electron chi connectivity index (χ1n) is 7.71. The van der Waals surface area contributed by atoms with Crippen molar-refractivity contribution in [3.63, 3.8) is 0 Å². The highest BCUT2D eigenvalue weighted by Crippen LogP contribution is 2.25. The van der Waals surface area contributed by atoms with Gasteiger partial charge in [-0.15, -0.1) is 11.3 Å². The topological polar surface area (TPSA) is 80.9 Å². The van der Waals surface area contributed by atoms with Gasteiger partial charge in [0.2, 0.25) is 0 Å². The summed E-state index contributed by atoms with van der Waals surface area (Å²) >= 11 is 1.31. The highest BCUT2D eigenvalue weighted by Gasteiger charge is 2.18. The van der Waals surface area contributed by atoms with E-state index < -0.39 is 0 Å². The maximum atomic E-state index is 12.5. The van der Waals surface area contributed by atoms with Gasteiger partial charge in [-0.25, -0.2) is 15.0 Å². The summed E-state index contributed by atoms with van der Waals surface area (Å²) in [6.45, 7) is 3.81. The molecule has 24 heavy (non-hydrogen) atoms. The van der Waals surface area contributed by atoms with Crippen LogP contribution in [0.15, 0.2) is 41.3 Å². The lowest BCUT2D eigenvalue weighted by Gasteiger charge is -2.12. The molecule has 3 rings (SSSR count). The van der Waals surface area contributed by atoms with E-state index in [0.29, 0.717) is 21.4 Å². The third-order valence-electron chi connectivity index (χ3n) is 3.54. The van der Waals surface area contributed by atoms with Gasteiger partial charge in [-0.1, -0.05) is 0 Å². The van der Waals surface area contributed by atoms with Gasteiger partial charge in [-0.3, -0.25) is 4.79 Å². The van der Waals surface area contributed by atoms with Crippen LogP contribution < -0.4 is 5.32 Å². The van der Waals surface area contributed by atoms with Crippen LogP contribution in [-0.2, 0) is 6.42 Å². The summed E-state index contributed by atoms with van der Waals surface area (Å²) < 4.78 is 5.31. The van der Waals surface area contributed by atoms with Crippen LogP contribution in [0.5, 0.6) is 0 Å². The number of aryl methyl sites for hydroxylation is 2. The Labute approximate surface area is 144 Å². The van der Waals surface area contributed by atoms with E-state index in [2.05, 4.69) is 20.3 Å². The Bertz CT molecular complexity index is 799. The van der Waals surface area contributed by atoms with E-state index in [1.165, 1.54) is 11.3 Å². The van der Waals surface area contributed by atoms with Gasteiger partial charge >= 0.3 is 0 Å². The van der Waals surface area contributed by atoms with Crippen molar-refractivity contribution >= 4 is 17.2 Å². The maximum Gasteiger partial charge on any atom is 0.263 e. The van der Waals surface area contributed by atoms with Crippen molar-refractivity contribution in [1.29, 1.82) is 0 Å². The highest BCUT2D eigenvalue weighted by atomic mass is 32.1. The van der Waals surface area contributed by atoms with Gasteiger partial charge in [0.25, 0.3) is 5.91 Å². The number of hydrogen-bond donors (Lipinski definition) is 1. The van der Waals surface area contributed by atoms with Crippen LogP contribution in [0.1, 0.15) is 34.5 Å². The van der Waals surface area contributed by atoms with Gasteiger partial charge in [0.05, 0.1) is 12.0 Å². The number of rotatable bonds is 6. The summed E-state index contributed by atoms with van der Waals surface area (Å²) in [5.41, 5.74) is 0.693. The van der Waals surface area contributed by atoms with E-state index in [1.54, 1.807) is 24.7 Å². The molecule has 0 radical (unpaired) electrons. The second-order valence-corrected chi connectivity index (χ2v) is 6.50. The fourth-order valence-electron chi connectivity index (χ4n) is 2.29. The summed E-state index contributed by atoms with van der Waals surface area (Å²) in [5.74, 6) is 1.35. The number of thiazole rings is 1. The van der Waals surface area contributed by atoms with E-state index in [4.69, 9.17) is 4.42 Å². The number of aromatic nitrogens is 3. The first-order chi connectivity index (χ1) is 11.6. The Morgan fingerprint density at radius 1 is 1.33 bits per heavy atom. The van der Waals surface area contributed by atoms with Crippen LogP contribution in [0.3, 0.4) is 0 Å². The minimum Gasteiger partial charge on any atom is -0.469 e. The molecule has 3 aromatic heterocycles. The Balaban J connectivity index is 1.63. The van der Waals surface area contributed by atoms with E-state index in [0.717, 1.165) is 18.6 Å². The van der Waals surface area contributed by atoms with E-state index in [-0.39, 0.29) is 11.9 Å². The zero-order chi connectivity index (χ0) is 16.9. The Kier molecular flexibility index (Phi) is 5.00. The maximum absolute atomic E-state index is 12.5. The lowest BCUT2D eigenvalue weighted by molar-refractivity contribution is 0.0941. The van der Waals surface area contributed by atoms with Crippen LogP contribution in [0.2, 0.25) is 0 Å². The number of carbonyl (C=O) groups is 1. The van der Waals surface area contributed by atoms with Crippen LogP contribution in [0, 0.1) is 6.92 Å². The molecule has 0 saturated heterocycles. The number of nitrogens with one attached hydrogen (secondary N) is 1. The molecule has 1 amide bonds. The molecular weight excluding hydrogens is 324 g/mol. The van der Waals surface area contributed by atoms with Crippen molar-refractivity contribution in [2.45, 2.75) is 32.7 Å². The van der Waals surface area contributed by atoms with Gasteiger partial charge in [-0.05, 0) is 38.5 Å². The Morgan fingerprint density at radius 2 is 2.12 bits per heavy atom. The number of hydrogen-bond acceptors (Lipinski definition) is 6. The van der Waals surface area contributed by atoms with E-state index in [9.17, 15) is 4.79 Å². The van der Waals surface area contributed by atoms with Gasteiger partial charge in [0.15, 0.2) is 10.8 Å². The molecule has 6 nitrogen and oxygen atoms in total. The molecule has 3 aromatic rings. The predicted molar refractivity (Wildman–Crippen MR) is 91.8 cm³/mol. The predicted octanol–water partition coefficient (Wildman–Crippen LogP) is 3.25. The molecule has 124 valence electrons. The van der Waals surface area contributed by atoms with E-state index in [1.807, 2.05) is 26.0 Å². The highest BCUT2D eigenvalue weighted by molar-refractivity contribution is 7.17. The quantitative estimate of drug-likeness (QED) is 0.744. The molecule has 0 saturated carbocycles. The van der Waals surface area contributed by atoms with Crippen LogP contribution in [0.4, 0.5) is 0 Å². The van der Waals surface area contributed by atoms with Crippen molar-refractivity contribution in [3.8, 4) is 10.8 Å². The Hall–Kier alpha value is -2.54. The fourth-order valence-corrected chi connectivity index (χ4v) is 3.20. The van der Waals surface area contributed by atoms with E-state index >= 15 is 0 Å². The number of furan rings is 1. The van der Waals surface area contributed by atoms with Crippen molar-refractivity contribution in [2.75, 3.05) is 0 Å². The number of nitrogens with zero attached hydrogens (tertiary/aromatic N) is 3. The first-order valence-corrected chi connectivity index (χ1v) is 8.53. The van der Waals surface area contributed by atoms with Crippen LogP contribution >= 0.6 is 11.3 Å². The molecule has 3 heterocycles. The minimum atomic E-state index is -0.112. The zero-order valence-corrected chi connectivity index (χ0v) is 14.3. The third-order valence-corrected chi connectivity index (χ3v) is 4.69.